The zero-order chi connectivity index (χ0) is 13.7. The van der Waals surface area contributed by atoms with Gasteiger partial charge in [-0.05, 0) is 41.1 Å². The molecule has 0 aromatic heterocycles. The fourth-order valence-electron chi connectivity index (χ4n) is 1.51. The Hall–Kier alpha value is -1.38. The number of halogens is 1. The lowest BCUT2D eigenvalue weighted by Crippen LogP contribution is -2.29. The highest BCUT2D eigenvalue weighted by Gasteiger charge is 2.21. The fraction of sp³-hybridized carbons (Fsp3) is 0.364. The molecule has 0 bridgehead atoms. The van der Waals surface area contributed by atoms with Gasteiger partial charge in [0.1, 0.15) is 11.7 Å². The second-order valence-corrected chi connectivity index (χ2v) is 4.99. The molecule has 98 valence electrons. The lowest BCUT2D eigenvalue weighted by atomic mass is 10.1. The minimum atomic E-state index is -1.01. The summed E-state index contributed by atoms with van der Waals surface area (Å²) in [6.07, 6.45) is 1.10. The van der Waals surface area contributed by atoms with Crippen molar-refractivity contribution in [2.75, 3.05) is 5.32 Å². The number of nitrogens with zero attached hydrogens (tertiary/aromatic N) is 1. The molecule has 0 amide bonds. The number of carbonyl (C=O) groups is 1. The van der Waals surface area contributed by atoms with E-state index in [0.717, 1.165) is 3.57 Å². The highest BCUT2D eigenvalue weighted by Crippen LogP contribution is 2.27. The van der Waals surface area contributed by atoms with E-state index < -0.39 is 16.9 Å². The topological polar surface area (TPSA) is 92.5 Å². The van der Waals surface area contributed by atoms with Gasteiger partial charge in [0.25, 0.3) is 5.69 Å². The van der Waals surface area contributed by atoms with Gasteiger partial charge in [0.05, 0.1) is 4.92 Å². The van der Waals surface area contributed by atoms with Gasteiger partial charge in [-0.15, -0.1) is 0 Å². The van der Waals surface area contributed by atoms with Crippen LogP contribution in [-0.4, -0.2) is 22.0 Å². The molecule has 1 unspecified atom stereocenters. The van der Waals surface area contributed by atoms with Crippen molar-refractivity contribution < 1.29 is 14.8 Å². The zero-order valence-electron chi connectivity index (χ0n) is 9.72. The van der Waals surface area contributed by atoms with Gasteiger partial charge in [0.15, 0.2) is 0 Å². The molecular formula is C11H13IN2O4. The minimum Gasteiger partial charge on any atom is -0.480 e. The van der Waals surface area contributed by atoms with Crippen LogP contribution in [0.3, 0.4) is 0 Å². The van der Waals surface area contributed by atoms with Crippen molar-refractivity contribution in [1.82, 2.24) is 0 Å². The first-order valence-corrected chi connectivity index (χ1v) is 6.46. The quantitative estimate of drug-likeness (QED) is 0.460. The molecule has 0 spiro atoms. The summed E-state index contributed by atoms with van der Waals surface area (Å²) in [5.74, 6) is -1.01. The highest BCUT2D eigenvalue weighted by molar-refractivity contribution is 14.1. The van der Waals surface area contributed by atoms with Crippen molar-refractivity contribution in [3.05, 3.63) is 31.9 Å². The molecular weight excluding hydrogens is 351 g/mol. The average Bonchev–Trinajstić information content (AvgIpc) is 2.30. The molecule has 0 aliphatic carbocycles. The van der Waals surface area contributed by atoms with E-state index in [1.54, 1.807) is 6.07 Å². The molecule has 0 fully saturated rings. The number of aliphatic carboxylic acids is 1. The van der Waals surface area contributed by atoms with E-state index in [-0.39, 0.29) is 11.4 Å². The maximum atomic E-state index is 11.0. The van der Waals surface area contributed by atoms with Crippen LogP contribution < -0.4 is 5.32 Å². The molecule has 0 saturated carbocycles. The normalized spacial score (nSPS) is 11.9. The van der Waals surface area contributed by atoms with Crippen molar-refractivity contribution in [2.45, 2.75) is 25.8 Å². The van der Waals surface area contributed by atoms with Crippen LogP contribution >= 0.6 is 22.6 Å². The summed E-state index contributed by atoms with van der Waals surface area (Å²) in [6.45, 7) is 1.86. The standard InChI is InChI=1S/C11H13IN2O4/c1-2-3-9(11(15)16)13-8-5-4-7(12)6-10(8)14(17)18/h4-6,9,13H,2-3H2,1H3,(H,15,16). The van der Waals surface area contributed by atoms with Crippen LogP contribution in [0, 0.1) is 13.7 Å². The number of carboxylic acids is 1. The number of anilines is 1. The predicted octanol–water partition coefficient (Wildman–Crippen LogP) is 2.86. The second kappa shape index (κ2) is 6.53. The summed E-state index contributed by atoms with van der Waals surface area (Å²) in [6, 6.07) is 3.83. The smallest absolute Gasteiger partial charge is 0.326 e. The van der Waals surface area contributed by atoms with Crippen LogP contribution in [-0.2, 0) is 4.79 Å². The zero-order valence-corrected chi connectivity index (χ0v) is 11.9. The maximum Gasteiger partial charge on any atom is 0.326 e. The minimum absolute atomic E-state index is 0.107. The first kappa shape index (κ1) is 14.7. The summed E-state index contributed by atoms with van der Waals surface area (Å²) in [4.78, 5) is 21.4. The Bertz CT molecular complexity index is 464. The van der Waals surface area contributed by atoms with Crippen LogP contribution in [0.5, 0.6) is 0 Å². The number of carboxylic acid groups (broad SMARTS) is 1. The van der Waals surface area contributed by atoms with Gasteiger partial charge in [0, 0.05) is 9.64 Å². The highest BCUT2D eigenvalue weighted by atomic mass is 127. The number of hydrogen-bond acceptors (Lipinski definition) is 4. The van der Waals surface area contributed by atoms with Crippen molar-refractivity contribution in [2.24, 2.45) is 0 Å². The van der Waals surface area contributed by atoms with Crippen molar-refractivity contribution in [3.63, 3.8) is 0 Å². The summed E-state index contributed by atoms with van der Waals surface area (Å²) in [5, 5.41) is 22.6. The third-order valence-corrected chi connectivity index (χ3v) is 3.03. The molecule has 0 heterocycles. The van der Waals surface area contributed by atoms with Crippen molar-refractivity contribution >= 4 is 39.9 Å². The third-order valence-electron chi connectivity index (χ3n) is 2.36. The van der Waals surface area contributed by atoms with E-state index in [4.69, 9.17) is 5.11 Å². The molecule has 0 aliphatic heterocycles. The van der Waals surface area contributed by atoms with E-state index in [1.165, 1.54) is 12.1 Å². The van der Waals surface area contributed by atoms with E-state index in [1.807, 2.05) is 29.5 Å². The second-order valence-electron chi connectivity index (χ2n) is 3.74. The summed E-state index contributed by atoms with van der Waals surface area (Å²) < 4.78 is 0.729. The molecule has 7 heteroatoms. The Morgan fingerprint density at radius 2 is 2.28 bits per heavy atom. The van der Waals surface area contributed by atoms with Gasteiger partial charge < -0.3 is 10.4 Å². The maximum absolute atomic E-state index is 11.0. The summed E-state index contributed by atoms with van der Waals surface area (Å²) in [7, 11) is 0. The first-order chi connectivity index (χ1) is 8.45. The summed E-state index contributed by atoms with van der Waals surface area (Å²) >= 11 is 1.97. The monoisotopic (exact) mass is 364 g/mol. The van der Waals surface area contributed by atoms with Gasteiger partial charge >= 0.3 is 5.97 Å². The fourth-order valence-corrected chi connectivity index (χ4v) is 1.99. The molecule has 0 radical (unpaired) electrons. The van der Waals surface area contributed by atoms with E-state index in [0.29, 0.717) is 12.8 Å². The van der Waals surface area contributed by atoms with E-state index >= 15 is 0 Å². The molecule has 2 N–H and O–H groups in total. The van der Waals surface area contributed by atoms with Gasteiger partial charge in [-0.3, -0.25) is 10.1 Å². The summed E-state index contributed by atoms with van der Waals surface area (Å²) in [5.41, 5.74) is 0.130. The molecule has 6 nitrogen and oxygen atoms in total. The van der Waals surface area contributed by atoms with Crippen LogP contribution in [0.1, 0.15) is 19.8 Å². The lowest BCUT2D eigenvalue weighted by molar-refractivity contribution is -0.384. The van der Waals surface area contributed by atoms with Crippen LogP contribution in [0.25, 0.3) is 0 Å². The molecule has 1 atom stereocenters. The molecule has 1 rings (SSSR count). The number of nitro benzene ring substituents is 1. The number of nitro groups is 1. The molecule has 0 aliphatic rings. The Balaban J connectivity index is 3.01. The van der Waals surface area contributed by atoms with Crippen molar-refractivity contribution in [1.29, 1.82) is 0 Å². The molecule has 18 heavy (non-hydrogen) atoms. The SMILES string of the molecule is CCCC(Nc1ccc(I)cc1[N+](=O)[O-])C(=O)O. The van der Waals surface area contributed by atoms with E-state index in [2.05, 4.69) is 5.32 Å². The number of hydrogen-bond donors (Lipinski definition) is 2. The molecule has 1 aromatic carbocycles. The Morgan fingerprint density at radius 3 is 2.78 bits per heavy atom. The number of benzene rings is 1. The lowest BCUT2D eigenvalue weighted by Gasteiger charge is -2.14. The Kier molecular flexibility index (Phi) is 5.32. The largest absolute Gasteiger partial charge is 0.480 e. The third kappa shape index (κ3) is 3.83. The van der Waals surface area contributed by atoms with Gasteiger partial charge in [0.2, 0.25) is 0 Å². The van der Waals surface area contributed by atoms with Gasteiger partial charge in [-0.25, -0.2) is 4.79 Å². The Morgan fingerprint density at radius 1 is 1.61 bits per heavy atom. The number of rotatable bonds is 6. The Labute approximate surface area is 118 Å². The predicted molar refractivity (Wildman–Crippen MR) is 75.8 cm³/mol. The van der Waals surface area contributed by atoms with Crippen LogP contribution in [0.2, 0.25) is 0 Å². The molecule has 1 aromatic rings. The number of nitrogens with one attached hydrogen (secondary N) is 1. The van der Waals surface area contributed by atoms with Crippen molar-refractivity contribution in [3.8, 4) is 0 Å². The van der Waals surface area contributed by atoms with Crippen LogP contribution in [0.4, 0.5) is 11.4 Å². The van der Waals surface area contributed by atoms with Crippen LogP contribution in [0.15, 0.2) is 18.2 Å². The first-order valence-electron chi connectivity index (χ1n) is 5.39. The molecule has 0 saturated heterocycles. The van der Waals surface area contributed by atoms with Gasteiger partial charge in [-0.1, -0.05) is 13.3 Å². The average molecular weight is 364 g/mol. The van der Waals surface area contributed by atoms with Gasteiger partial charge in [-0.2, -0.15) is 0 Å². The van der Waals surface area contributed by atoms with E-state index in [9.17, 15) is 14.9 Å².